The van der Waals surface area contributed by atoms with Crippen LogP contribution < -0.4 is 25.8 Å². The molecule has 0 aliphatic carbocycles. The molecule has 0 spiro atoms. The Balaban J connectivity index is 0.000000212. The molecule has 0 radical (unpaired) electrons. The molecule has 6 N–H and O–H groups in total. The summed E-state index contributed by atoms with van der Waals surface area (Å²) in [6.45, 7) is 0. The lowest BCUT2D eigenvalue weighted by Gasteiger charge is -2.11. The zero-order valence-corrected chi connectivity index (χ0v) is 33.8. The fourth-order valence-electron chi connectivity index (χ4n) is 5.07. The Morgan fingerprint density at radius 2 is 1.22 bits per heavy atom. The number of carbonyl (C=O) groups excluding carboxylic acids is 2. The van der Waals surface area contributed by atoms with Crippen LogP contribution in [0, 0.1) is 0 Å². The molecule has 286 valence electrons. The van der Waals surface area contributed by atoms with E-state index in [9.17, 15) is 26.4 Å². The number of hydrogen-bond donors (Lipinski definition) is 4. The molecular formula is C36H33Cl2N7O6S4. The molecule has 0 aliphatic heterocycles. The van der Waals surface area contributed by atoms with Crippen LogP contribution in [0.15, 0.2) is 112 Å². The summed E-state index contributed by atoms with van der Waals surface area (Å²) in [4.78, 5) is 31.4. The van der Waals surface area contributed by atoms with Crippen molar-refractivity contribution in [1.29, 1.82) is 0 Å². The van der Waals surface area contributed by atoms with Crippen LogP contribution in [0.4, 0.5) is 16.5 Å². The number of nitrogens with one attached hydrogen (secondary N) is 2. The molecule has 55 heavy (non-hydrogen) atoms. The largest absolute Gasteiger partial charge is 0.354 e. The summed E-state index contributed by atoms with van der Waals surface area (Å²) in [5.74, 6) is -0.640. The number of thiazole rings is 1. The molecule has 4 aromatic carbocycles. The van der Waals surface area contributed by atoms with Gasteiger partial charge in [-0.25, -0.2) is 36.5 Å². The Hall–Kier alpha value is -4.72. The molecule has 6 aromatic rings. The molecule has 19 heteroatoms. The van der Waals surface area contributed by atoms with Crippen molar-refractivity contribution in [3.8, 4) is 21.7 Å². The number of anilines is 3. The van der Waals surface area contributed by atoms with Gasteiger partial charge < -0.3 is 15.5 Å². The average molecular weight is 859 g/mol. The number of amides is 2. The van der Waals surface area contributed by atoms with Crippen LogP contribution in [0.2, 0.25) is 10.0 Å². The number of hydrogen-bond acceptors (Lipinski definition) is 11. The van der Waals surface area contributed by atoms with Gasteiger partial charge in [0.05, 0.1) is 33.2 Å². The number of carbonyl (C=O) groups is 2. The van der Waals surface area contributed by atoms with E-state index in [0.717, 1.165) is 16.7 Å². The molecule has 2 heterocycles. The second kappa shape index (κ2) is 17.8. The molecule has 0 bridgehead atoms. The number of sulfonamides is 2. The van der Waals surface area contributed by atoms with Crippen molar-refractivity contribution < 1.29 is 26.4 Å². The van der Waals surface area contributed by atoms with Crippen molar-refractivity contribution in [3.63, 3.8) is 0 Å². The van der Waals surface area contributed by atoms with E-state index in [-0.39, 0.29) is 34.4 Å². The number of primary sulfonamides is 2. The van der Waals surface area contributed by atoms with E-state index in [1.54, 1.807) is 90.4 Å². The third-order valence-electron chi connectivity index (χ3n) is 7.62. The Morgan fingerprint density at radius 3 is 1.65 bits per heavy atom. The predicted octanol–water partition coefficient (Wildman–Crippen LogP) is 6.65. The molecule has 2 amide bonds. The summed E-state index contributed by atoms with van der Waals surface area (Å²) >= 11 is 14.7. The number of halogens is 2. The normalized spacial score (nSPS) is 11.3. The molecule has 13 nitrogen and oxygen atoms in total. The van der Waals surface area contributed by atoms with Gasteiger partial charge in [-0.15, -0.1) is 11.3 Å². The quantitative estimate of drug-likeness (QED) is 0.110. The second-order valence-corrected chi connectivity index (χ2v) is 17.5. The van der Waals surface area contributed by atoms with Gasteiger partial charge in [-0.2, -0.15) is 0 Å². The molecule has 6 rings (SSSR count). The molecule has 0 unspecified atom stereocenters. The first-order valence-corrected chi connectivity index (χ1v) is 21.4. The monoisotopic (exact) mass is 857 g/mol. The zero-order valence-electron chi connectivity index (χ0n) is 29.1. The minimum atomic E-state index is -4.04. The van der Waals surface area contributed by atoms with Crippen LogP contribution in [0.25, 0.3) is 21.7 Å². The number of aromatic nitrogens is 2. The lowest BCUT2D eigenvalue weighted by molar-refractivity contribution is -0.116. The standard InChI is InChI=1S/C19H19ClN4O3S2.C17H14ClN3O3S2/c1-24(2)19-23-16(11-28-19)14-8-7-13(10-17(14)29(21,26)27)22-18(25)9-12-5-3-4-6-15(12)20;18-14-4-2-1-3-11(14)9-17(22)21-12-5-6-13(15-7-8-20-25-15)16(10-12)26(19,23)24/h3-8,10-11H,9H2,1-2H3,(H,22,25)(H2,21,26,27);1-8,10H,9H2,(H,21,22)(H2,19,23,24). The van der Waals surface area contributed by atoms with Crippen LogP contribution in [0.3, 0.4) is 0 Å². The van der Waals surface area contributed by atoms with Gasteiger partial charge in [-0.3, -0.25) is 9.59 Å². The number of benzene rings is 4. The van der Waals surface area contributed by atoms with E-state index >= 15 is 0 Å². The molecule has 0 atom stereocenters. The highest BCUT2D eigenvalue weighted by Gasteiger charge is 2.21. The van der Waals surface area contributed by atoms with Crippen molar-refractivity contribution in [2.45, 2.75) is 22.6 Å². The van der Waals surface area contributed by atoms with Gasteiger partial charge in [-0.05, 0) is 71.2 Å². The maximum atomic E-state index is 12.4. The lowest BCUT2D eigenvalue weighted by Crippen LogP contribution is -2.17. The Bertz CT molecular complexity index is 2560. The van der Waals surface area contributed by atoms with Crippen LogP contribution >= 0.6 is 46.1 Å². The first-order valence-electron chi connectivity index (χ1n) is 15.9. The van der Waals surface area contributed by atoms with Crippen LogP contribution in [-0.2, 0) is 42.5 Å². The van der Waals surface area contributed by atoms with E-state index in [4.69, 9.17) is 33.5 Å². The number of nitrogens with zero attached hydrogens (tertiary/aromatic N) is 3. The first-order chi connectivity index (χ1) is 26.0. The third kappa shape index (κ3) is 11.2. The smallest absolute Gasteiger partial charge is 0.238 e. The van der Waals surface area contributed by atoms with E-state index < -0.39 is 20.0 Å². The first kappa shape index (κ1) is 41.4. The van der Waals surface area contributed by atoms with Gasteiger partial charge in [0.1, 0.15) is 0 Å². The molecule has 0 saturated heterocycles. The summed E-state index contributed by atoms with van der Waals surface area (Å²) in [5, 5.41) is 19.6. The topological polar surface area (TPSA) is 208 Å². The molecule has 2 aromatic heterocycles. The average Bonchev–Trinajstić information content (AvgIpc) is 3.84. The fourth-order valence-corrected chi connectivity index (χ4v) is 8.48. The summed E-state index contributed by atoms with van der Waals surface area (Å²) in [6.07, 6.45) is 1.71. The minimum Gasteiger partial charge on any atom is -0.354 e. The number of rotatable bonds is 11. The van der Waals surface area contributed by atoms with Gasteiger partial charge in [0.2, 0.25) is 31.9 Å². The summed E-state index contributed by atoms with van der Waals surface area (Å²) in [6, 6.07) is 24.8. The Kier molecular flexibility index (Phi) is 13.4. The SMILES string of the molecule is CN(C)c1nc(-c2ccc(NC(=O)Cc3ccccc3Cl)cc2S(N)(=O)=O)cs1.NS(=O)(=O)c1cc(NC(=O)Cc2ccccc2Cl)ccc1-c1ccns1. The predicted molar refractivity (Wildman–Crippen MR) is 220 cm³/mol. The van der Waals surface area contributed by atoms with Gasteiger partial charge in [0, 0.05) is 58.2 Å². The van der Waals surface area contributed by atoms with E-state index in [1.165, 1.54) is 23.5 Å². The highest BCUT2D eigenvalue weighted by Crippen LogP contribution is 2.33. The van der Waals surface area contributed by atoms with Gasteiger partial charge in [-0.1, -0.05) is 65.7 Å². The second-order valence-electron chi connectivity index (χ2n) is 11.9. The summed E-state index contributed by atoms with van der Waals surface area (Å²) < 4.78 is 52.2. The van der Waals surface area contributed by atoms with Crippen LogP contribution in [0.1, 0.15) is 11.1 Å². The minimum absolute atomic E-state index is 0.0599. The highest BCUT2D eigenvalue weighted by molar-refractivity contribution is 7.89. The molecule has 0 aliphatic rings. The maximum absolute atomic E-state index is 12.4. The Labute approximate surface area is 336 Å². The van der Waals surface area contributed by atoms with Crippen molar-refractivity contribution >= 4 is 94.4 Å². The van der Waals surface area contributed by atoms with E-state index in [1.807, 2.05) is 19.0 Å². The van der Waals surface area contributed by atoms with Crippen molar-refractivity contribution in [3.05, 3.63) is 124 Å². The summed E-state index contributed by atoms with van der Waals surface area (Å²) in [7, 11) is -4.32. The van der Waals surface area contributed by atoms with Crippen LogP contribution in [-0.4, -0.2) is 52.1 Å². The van der Waals surface area contributed by atoms with E-state index in [2.05, 4.69) is 20.0 Å². The zero-order chi connectivity index (χ0) is 39.9. The third-order valence-corrected chi connectivity index (χ3v) is 12.0. The van der Waals surface area contributed by atoms with Crippen LogP contribution in [0.5, 0.6) is 0 Å². The van der Waals surface area contributed by atoms with E-state index in [0.29, 0.717) is 54.2 Å². The molecule has 0 saturated carbocycles. The van der Waals surface area contributed by atoms with Gasteiger partial charge >= 0.3 is 0 Å². The van der Waals surface area contributed by atoms with Crippen molar-refractivity contribution in [2.24, 2.45) is 10.3 Å². The highest BCUT2D eigenvalue weighted by atomic mass is 35.5. The van der Waals surface area contributed by atoms with Gasteiger partial charge in [0.25, 0.3) is 0 Å². The van der Waals surface area contributed by atoms with Crippen molar-refractivity contribution in [2.75, 3.05) is 29.6 Å². The summed E-state index contributed by atoms with van der Waals surface area (Å²) in [5.41, 5.74) is 3.32. The molecule has 0 fully saturated rings. The Morgan fingerprint density at radius 1 is 0.727 bits per heavy atom. The lowest BCUT2D eigenvalue weighted by atomic mass is 10.1. The number of nitrogens with two attached hydrogens (primary N) is 2. The fraction of sp³-hybridized carbons (Fsp3) is 0.111. The van der Waals surface area contributed by atoms with Gasteiger partial charge in [0.15, 0.2) is 5.13 Å². The maximum Gasteiger partial charge on any atom is 0.238 e. The molecular weight excluding hydrogens is 826 g/mol. The van der Waals surface area contributed by atoms with Crippen molar-refractivity contribution in [1.82, 2.24) is 9.36 Å².